The first-order chi connectivity index (χ1) is 13.9. The highest BCUT2D eigenvalue weighted by molar-refractivity contribution is 6.22. The Labute approximate surface area is 166 Å². The zero-order chi connectivity index (χ0) is 20.7. The fourth-order valence-corrected chi connectivity index (χ4v) is 3.24. The fraction of sp³-hybridized carbons (Fsp3) is 0.238. The highest BCUT2D eigenvalue weighted by Crippen LogP contribution is 2.32. The van der Waals surface area contributed by atoms with Gasteiger partial charge in [-0.05, 0) is 44.2 Å². The average molecular weight is 395 g/mol. The summed E-state index contributed by atoms with van der Waals surface area (Å²) in [6.45, 7) is 2.76. The number of carbonyl (C=O) groups is 4. The number of carbonyl (C=O) groups excluding carboxylic acids is 4. The van der Waals surface area contributed by atoms with Gasteiger partial charge in [-0.1, -0.05) is 11.6 Å². The van der Waals surface area contributed by atoms with Crippen LogP contribution in [-0.4, -0.2) is 47.9 Å². The molecule has 2 heterocycles. The number of amides is 2. The molecule has 4 rings (SSSR count). The Morgan fingerprint density at radius 1 is 1.03 bits per heavy atom. The highest BCUT2D eigenvalue weighted by atomic mass is 16.7. The number of Topliss-reactive ketones (excluding diaryl/α,β-unsaturated/α-hetero) is 1. The van der Waals surface area contributed by atoms with E-state index in [2.05, 4.69) is 0 Å². The molecule has 0 N–H and O–H groups in total. The lowest BCUT2D eigenvalue weighted by Crippen LogP contribution is -2.44. The zero-order valence-corrected chi connectivity index (χ0v) is 15.8. The summed E-state index contributed by atoms with van der Waals surface area (Å²) in [6, 6.07) is 8.38. The highest BCUT2D eigenvalue weighted by Gasteiger charge is 2.41. The molecule has 2 aromatic carbocycles. The Balaban J connectivity index is 1.42. The van der Waals surface area contributed by atoms with Crippen LogP contribution in [0.5, 0.6) is 11.5 Å². The molecule has 29 heavy (non-hydrogen) atoms. The molecule has 148 valence electrons. The maximum Gasteiger partial charge on any atom is 0.329 e. The van der Waals surface area contributed by atoms with Crippen LogP contribution in [-0.2, 0) is 9.53 Å². The number of hydrogen-bond acceptors (Lipinski definition) is 7. The van der Waals surface area contributed by atoms with E-state index in [0.717, 1.165) is 10.5 Å². The van der Waals surface area contributed by atoms with Gasteiger partial charge in [-0.2, -0.15) is 0 Å². The summed E-state index contributed by atoms with van der Waals surface area (Å²) in [5.74, 6) is -1.42. The van der Waals surface area contributed by atoms with E-state index in [1.807, 2.05) is 0 Å². The summed E-state index contributed by atoms with van der Waals surface area (Å²) in [5.41, 5.74) is 1.63. The number of aryl methyl sites for hydroxylation is 1. The third kappa shape index (κ3) is 3.22. The van der Waals surface area contributed by atoms with E-state index in [4.69, 9.17) is 14.2 Å². The van der Waals surface area contributed by atoms with Gasteiger partial charge in [0.2, 0.25) is 6.79 Å². The zero-order valence-electron chi connectivity index (χ0n) is 15.8. The summed E-state index contributed by atoms with van der Waals surface area (Å²) < 4.78 is 15.5. The second kappa shape index (κ2) is 7.05. The third-order valence-electron chi connectivity index (χ3n) is 4.84. The van der Waals surface area contributed by atoms with Crippen LogP contribution in [0.4, 0.5) is 0 Å². The number of ketones is 1. The van der Waals surface area contributed by atoms with Crippen molar-refractivity contribution >= 4 is 23.6 Å². The number of benzene rings is 2. The molecular formula is C21H17NO7. The molecule has 0 fully saturated rings. The van der Waals surface area contributed by atoms with E-state index in [9.17, 15) is 19.2 Å². The minimum absolute atomic E-state index is 0.0826. The molecule has 0 spiro atoms. The average Bonchev–Trinajstić information content (AvgIpc) is 3.27. The molecule has 2 aliphatic heterocycles. The van der Waals surface area contributed by atoms with Gasteiger partial charge in [-0.3, -0.25) is 19.3 Å². The van der Waals surface area contributed by atoms with Crippen LogP contribution in [0, 0.1) is 6.92 Å². The van der Waals surface area contributed by atoms with Crippen LogP contribution in [0.1, 0.15) is 43.6 Å². The normalized spacial score (nSPS) is 15.3. The van der Waals surface area contributed by atoms with Gasteiger partial charge in [0.25, 0.3) is 11.8 Å². The van der Waals surface area contributed by atoms with Gasteiger partial charge in [0.15, 0.2) is 23.9 Å². The summed E-state index contributed by atoms with van der Waals surface area (Å²) >= 11 is 0. The predicted molar refractivity (Wildman–Crippen MR) is 99.0 cm³/mol. The van der Waals surface area contributed by atoms with E-state index in [0.29, 0.717) is 17.1 Å². The molecule has 2 amide bonds. The smallest absolute Gasteiger partial charge is 0.329 e. The lowest BCUT2D eigenvalue weighted by Gasteiger charge is -2.20. The number of fused-ring (bicyclic) bond motifs is 2. The van der Waals surface area contributed by atoms with Crippen molar-refractivity contribution in [3.8, 4) is 11.5 Å². The van der Waals surface area contributed by atoms with Crippen LogP contribution < -0.4 is 9.47 Å². The van der Waals surface area contributed by atoms with Gasteiger partial charge >= 0.3 is 5.97 Å². The first kappa shape index (κ1) is 18.7. The molecule has 1 unspecified atom stereocenters. The predicted octanol–water partition coefficient (Wildman–Crippen LogP) is 2.13. The molecule has 0 aliphatic carbocycles. The molecule has 2 aromatic rings. The van der Waals surface area contributed by atoms with E-state index in [1.165, 1.54) is 13.0 Å². The number of esters is 1. The largest absolute Gasteiger partial charge is 0.456 e. The van der Waals surface area contributed by atoms with E-state index in [-0.39, 0.29) is 17.9 Å². The van der Waals surface area contributed by atoms with Gasteiger partial charge in [-0.25, -0.2) is 4.79 Å². The standard InChI is InChI=1S/C21H17NO7/c1-11-3-5-14-15(7-11)20(25)22(19(14)24)12(2)21(26)27-9-16(23)13-4-6-17-18(8-13)29-10-28-17/h3-8,12H,9-10H2,1-2H3. The topological polar surface area (TPSA) is 99.2 Å². The minimum atomic E-state index is -1.16. The van der Waals surface area contributed by atoms with Crippen molar-refractivity contribution in [3.05, 3.63) is 58.7 Å². The number of ether oxygens (including phenoxy) is 3. The van der Waals surface area contributed by atoms with Crippen molar-refractivity contribution < 1.29 is 33.4 Å². The second-order valence-corrected chi connectivity index (χ2v) is 6.80. The van der Waals surface area contributed by atoms with Gasteiger partial charge in [0, 0.05) is 5.56 Å². The molecule has 2 aliphatic rings. The lowest BCUT2D eigenvalue weighted by atomic mass is 10.1. The molecule has 1 atom stereocenters. The number of nitrogens with zero attached hydrogens (tertiary/aromatic N) is 1. The fourth-order valence-electron chi connectivity index (χ4n) is 3.24. The summed E-state index contributed by atoms with van der Waals surface area (Å²) in [6.07, 6.45) is 0. The molecule has 0 saturated heterocycles. The second-order valence-electron chi connectivity index (χ2n) is 6.80. The van der Waals surface area contributed by atoms with Crippen molar-refractivity contribution in [2.24, 2.45) is 0 Å². The van der Waals surface area contributed by atoms with Crippen molar-refractivity contribution in [2.45, 2.75) is 19.9 Å². The van der Waals surface area contributed by atoms with E-state index >= 15 is 0 Å². The Kier molecular flexibility index (Phi) is 4.54. The van der Waals surface area contributed by atoms with Crippen molar-refractivity contribution in [1.82, 2.24) is 4.90 Å². The van der Waals surface area contributed by atoms with Crippen LogP contribution in [0.3, 0.4) is 0 Å². The van der Waals surface area contributed by atoms with Gasteiger partial charge in [-0.15, -0.1) is 0 Å². The molecule has 0 aromatic heterocycles. The van der Waals surface area contributed by atoms with E-state index < -0.39 is 36.2 Å². The Morgan fingerprint density at radius 3 is 2.55 bits per heavy atom. The monoisotopic (exact) mass is 395 g/mol. The van der Waals surface area contributed by atoms with Gasteiger partial charge in [0.05, 0.1) is 11.1 Å². The molecule has 8 nitrogen and oxygen atoms in total. The first-order valence-electron chi connectivity index (χ1n) is 8.95. The Hall–Kier alpha value is -3.68. The van der Waals surface area contributed by atoms with Crippen molar-refractivity contribution in [1.29, 1.82) is 0 Å². The Morgan fingerprint density at radius 2 is 1.76 bits per heavy atom. The van der Waals surface area contributed by atoms with Crippen LogP contribution in [0.15, 0.2) is 36.4 Å². The summed E-state index contributed by atoms with van der Waals surface area (Å²) in [4.78, 5) is 50.7. The van der Waals surface area contributed by atoms with E-state index in [1.54, 1.807) is 37.3 Å². The van der Waals surface area contributed by atoms with Crippen LogP contribution in [0.25, 0.3) is 0 Å². The summed E-state index contributed by atoms with van der Waals surface area (Å²) in [5, 5.41) is 0. The maximum atomic E-state index is 12.6. The molecule has 0 saturated carbocycles. The quantitative estimate of drug-likeness (QED) is 0.434. The first-order valence-corrected chi connectivity index (χ1v) is 8.95. The van der Waals surface area contributed by atoms with Gasteiger partial charge in [0.1, 0.15) is 6.04 Å². The summed E-state index contributed by atoms with van der Waals surface area (Å²) in [7, 11) is 0. The Bertz CT molecular complexity index is 1060. The third-order valence-corrected chi connectivity index (χ3v) is 4.84. The molecule has 0 bridgehead atoms. The minimum Gasteiger partial charge on any atom is -0.456 e. The van der Waals surface area contributed by atoms with Gasteiger partial charge < -0.3 is 14.2 Å². The lowest BCUT2D eigenvalue weighted by molar-refractivity contribution is -0.146. The van der Waals surface area contributed by atoms with Crippen molar-refractivity contribution in [3.63, 3.8) is 0 Å². The van der Waals surface area contributed by atoms with Crippen LogP contribution >= 0.6 is 0 Å². The number of rotatable bonds is 5. The molecular weight excluding hydrogens is 378 g/mol. The van der Waals surface area contributed by atoms with Crippen molar-refractivity contribution in [2.75, 3.05) is 13.4 Å². The SMILES string of the molecule is Cc1ccc2c(c1)C(=O)N(C(C)C(=O)OCC(=O)c1ccc3c(c1)OCO3)C2=O. The number of imide groups is 1. The maximum absolute atomic E-state index is 12.6. The number of hydrogen-bond donors (Lipinski definition) is 0. The molecule has 0 radical (unpaired) electrons. The van der Waals surface area contributed by atoms with Crippen LogP contribution in [0.2, 0.25) is 0 Å². The molecule has 8 heteroatoms.